The molecule has 0 N–H and O–H groups in total. The molecule has 5 rings (SSSR count). The normalized spacial score (nSPS) is 12.7. The molecule has 0 radical (unpaired) electrons. The average molecular weight is 370 g/mol. The second-order valence-corrected chi connectivity index (χ2v) is 8.57. The second-order valence-electron chi connectivity index (χ2n) is 8.57. The number of benzene rings is 3. The third kappa shape index (κ3) is 2.63. The molecule has 0 saturated carbocycles. The zero-order valence-corrected chi connectivity index (χ0v) is 16.8. The highest BCUT2D eigenvalue weighted by Gasteiger charge is 2.22. The highest BCUT2D eigenvalue weighted by molar-refractivity contribution is 6.18. The number of furan rings is 2. The Balaban J connectivity index is 1.69. The highest BCUT2D eigenvalue weighted by atomic mass is 16.4. The summed E-state index contributed by atoms with van der Waals surface area (Å²) < 4.78 is 12.4. The van der Waals surface area contributed by atoms with Crippen LogP contribution >= 0.6 is 0 Å². The molecule has 0 atom stereocenters. The number of rotatable bonds is 5. The SMILES string of the molecule is CCCCCC(C)(C)c1ccc2oc3c(ccc4c5ccccc5oc43)c2c1. The number of fused-ring (bicyclic) bond motifs is 7. The molecular weight excluding hydrogens is 344 g/mol. The van der Waals surface area contributed by atoms with E-state index in [2.05, 4.69) is 57.2 Å². The number of para-hydroxylation sites is 1. The fraction of sp³-hybridized carbons (Fsp3) is 0.308. The summed E-state index contributed by atoms with van der Waals surface area (Å²) in [7, 11) is 0. The molecule has 2 aromatic heterocycles. The zero-order chi connectivity index (χ0) is 19.3. The van der Waals surface area contributed by atoms with Gasteiger partial charge in [-0.2, -0.15) is 0 Å². The van der Waals surface area contributed by atoms with Gasteiger partial charge in [0.15, 0.2) is 11.2 Å². The lowest BCUT2D eigenvalue weighted by Gasteiger charge is -2.25. The molecule has 2 heterocycles. The summed E-state index contributed by atoms with van der Waals surface area (Å²) in [6.45, 7) is 6.96. The number of hydrogen-bond donors (Lipinski definition) is 0. The molecule has 0 aliphatic heterocycles. The van der Waals surface area contributed by atoms with E-state index in [1.807, 2.05) is 18.2 Å². The minimum Gasteiger partial charge on any atom is -0.452 e. The predicted octanol–water partition coefficient (Wildman–Crippen LogP) is 8.34. The van der Waals surface area contributed by atoms with Crippen molar-refractivity contribution in [2.75, 3.05) is 0 Å². The Bertz CT molecular complexity index is 1300. The molecule has 2 heteroatoms. The first-order chi connectivity index (χ1) is 13.6. The first-order valence-electron chi connectivity index (χ1n) is 10.4. The second kappa shape index (κ2) is 6.41. The summed E-state index contributed by atoms with van der Waals surface area (Å²) in [4.78, 5) is 0. The van der Waals surface area contributed by atoms with E-state index in [0.29, 0.717) is 0 Å². The fourth-order valence-electron chi connectivity index (χ4n) is 4.40. The minimum absolute atomic E-state index is 0.163. The molecule has 28 heavy (non-hydrogen) atoms. The van der Waals surface area contributed by atoms with E-state index < -0.39 is 0 Å². The lowest BCUT2D eigenvalue weighted by molar-refractivity contribution is 0.450. The van der Waals surface area contributed by atoms with Crippen LogP contribution in [0.2, 0.25) is 0 Å². The summed E-state index contributed by atoms with van der Waals surface area (Å²) in [6, 6.07) is 19.2. The van der Waals surface area contributed by atoms with Gasteiger partial charge in [0, 0.05) is 21.5 Å². The van der Waals surface area contributed by atoms with Crippen LogP contribution in [0.3, 0.4) is 0 Å². The molecule has 0 aliphatic rings. The highest BCUT2D eigenvalue weighted by Crippen LogP contribution is 2.40. The van der Waals surface area contributed by atoms with E-state index in [1.165, 1.54) is 36.6 Å². The van der Waals surface area contributed by atoms with Gasteiger partial charge in [0.05, 0.1) is 0 Å². The minimum atomic E-state index is 0.163. The Morgan fingerprint density at radius 3 is 2.14 bits per heavy atom. The molecular formula is C26H26O2. The Morgan fingerprint density at radius 2 is 1.39 bits per heavy atom. The molecule has 0 bridgehead atoms. The van der Waals surface area contributed by atoms with Crippen molar-refractivity contribution in [1.82, 2.24) is 0 Å². The summed E-state index contributed by atoms with van der Waals surface area (Å²) >= 11 is 0. The van der Waals surface area contributed by atoms with Crippen LogP contribution in [0.25, 0.3) is 43.9 Å². The van der Waals surface area contributed by atoms with Gasteiger partial charge in [-0.3, -0.25) is 0 Å². The van der Waals surface area contributed by atoms with E-state index in [4.69, 9.17) is 8.83 Å². The maximum Gasteiger partial charge on any atom is 0.178 e. The van der Waals surface area contributed by atoms with E-state index in [-0.39, 0.29) is 5.41 Å². The van der Waals surface area contributed by atoms with Gasteiger partial charge in [0.2, 0.25) is 0 Å². The van der Waals surface area contributed by atoms with Gasteiger partial charge < -0.3 is 8.83 Å². The Kier molecular flexibility index (Phi) is 3.97. The van der Waals surface area contributed by atoms with Gasteiger partial charge in [-0.05, 0) is 47.7 Å². The smallest absolute Gasteiger partial charge is 0.178 e. The number of unbranched alkanes of at least 4 members (excludes halogenated alkanes) is 2. The molecule has 0 aliphatic carbocycles. The van der Waals surface area contributed by atoms with Gasteiger partial charge >= 0.3 is 0 Å². The summed E-state index contributed by atoms with van der Waals surface area (Å²) in [6.07, 6.45) is 5.03. The van der Waals surface area contributed by atoms with Crippen molar-refractivity contribution < 1.29 is 8.83 Å². The van der Waals surface area contributed by atoms with Crippen LogP contribution in [-0.4, -0.2) is 0 Å². The lowest BCUT2D eigenvalue weighted by atomic mass is 9.79. The van der Waals surface area contributed by atoms with Gasteiger partial charge in [-0.15, -0.1) is 0 Å². The average Bonchev–Trinajstić information content (AvgIpc) is 3.25. The molecule has 0 amide bonds. The largest absolute Gasteiger partial charge is 0.452 e. The van der Waals surface area contributed by atoms with Gasteiger partial charge in [0.25, 0.3) is 0 Å². The van der Waals surface area contributed by atoms with Crippen molar-refractivity contribution >= 4 is 43.9 Å². The van der Waals surface area contributed by atoms with Crippen LogP contribution in [0.5, 0.6) is 0 Å². The summed E-state index contributed by atoms with van der Waals surface area (Å²) in [5.74, 6) is 0. The molecule has 142 valence electrons. The van der Waals surface area contributed by atoms with Crippen molar-refractivity contribution in [3.05, 3.63) is 60.2 Å². The fourth-order valence-corrected chi connectivity index (χ4v) is 4.40. The van der Waals surface area contributed by atoms with Crippen molar-refractivity contribution in [3.63, 3.8) is 0 Å². The molecule has 2 nitrogen and oxygen atoms in total. The van der Waals surface area contributed by atoms with E-state index in [1.54, 1.807) is 0 Å². The van der Waals surface area contributed by atoms with Gasteiger partial charge in [-0.1, -0.05) is 64.3 Å². The molecule has 0 fully saturated rings. The van der Waals surface area contributed by atoms with Crippen molar-refractivity contribution in [1.29, 1.82) is 0 Å². The Labute approximate surface area is 165 Å². The molecule has 0 saturated heterocycles. The quantitative estimate of drug-likeness (QED) is 0.291. The van der Waals surface area contributed by atoms with Crippen molar-refractivity contribution in [3.8, 4) is 0 Å². The lowest BCUT2D eigenvalue weighted by Crippen LogP contribution is -2.16. The van der Waals surface area contributed by atoms with E-state index >= 15 is 0 Å². The van der Waals surface area contributed by atoms with Crippen LogP contribution in [0.4, 0.5) is 0 Å². The molecule has 5 aromatic rings. The third-order valence-electron chi connectivity index (χ3n) is 6.17. The van der Waals surface area contributed by atoms with Gasteiger partial charge in [0.1, 0.15) is 11.2 Å². The maximum absolute atomic E-state index is 6.27. The van der Waals surface area contributed by atoms with Gasteiger partial charge in [-0.25, -0.2) is 0 Å². The standard InChI is InChI=1S/C26H26O2/c1-4-5-8-15-26(2,3)17-11-14-23-21(16-17)20-13-12-19-18-9-6-7-10-22(18)27-24(19)25(20)28-23/h6-7,9-14,16H,4-5,8,15H2,1-3H3. The van der Waals surface area contributed by atoms with E-state index in [9.17, 15) is 0 Å². The first kappa shape index (κ1) is 17.4. The first-order valence-corrected chi connectivity index (χ1v) is 10.4. The van der Waals surface area contributed by atoms with Crippen LogP contribution in [-0.2, 0) is 5.41 Å². The molecule has 3 aromatic carbocycles. The summed E-state index contributed by atoms with van der Waals surface area (Å²) in [5, 5.41) is 4.56. The van der Waals surface area contributed by atoms with Crippen LogP contribution in [0.15, 0.2) is 63.4 Å². The number of hydrogen-bond acceptors (Lipinski definition) is 2. The van der Waals surface area contributed by atoms with Crippen molar-refractivity contribution in [2.45, 2.75) is 51.9 Å². The Hall–Kier alpha value is -2.74. The topological polar surface area (TPSA) is 26.3 Å². The predicted molar refractivity (Wildman–Crippen MR) is 118 cm³/mol. The van der Waals surface area contributed by atoms with Crippen LogP contribution in [0.1, 0.15) is 52.0 Å². The van der Waals surface area contributed by atoms with Crippen LogP contribution in [0, 0.1) is 0 Å². The van der Waals surface area contributed by atoms with Crippen molar-refractivity contribution in [2.24, 2.45) is 0 Å². The van der Waals surface area contributed by atoms with E-state index in [0.717, 1.165) is 38.5 Å². The molecule has 0 unspecified atom stereocenters. The molecule has 0 spiro atoms. The zero-order valence-electron chi connectivity index (χ0n) is 16.8. The third-order valence-corrected chi connectivity index (χ3v) is 6.17. The Morgan fingerprint density at radius 1 is 0.714 bits per heavy atom. The van der Waals surface area contributed by atoms with Crippen LogP contribution < -0.4 is 0 Å². The summed E-state index contributed by atoms with van der Waals surface area (Å²) in [5.41, 5.74) is 5.07. The monoisotopic (exact) mass is 370 g/mol. The maximum atomic E-state index is 6.27.